The molecule has 3 aromatic heterocycles. The minimum Gasteiger partial charge on any atom is -0.229 e. The molecule has 0 aliphatic heterocycles. The van der Waals surface area contributed by atoms with Crippen LogP contribution in [0.4, 0.5) is 26.3 Å². The van der Waals surface area contributed by atoms with E-state index in [0.717, 1.165) is 28.1 Å². The summed E-state index contributed by atoms with van der Waals surface area (Å²) in [5.41, 5.74) is -3.07. The fraction of sp³-hybridized carbons (Fsp3) is 0.125. The number of nitrogens with zero attached hydrogens (tertiary/aromatic N) is 5. The van der Waals surface area contributed by atoms with Crippen LogP contribution in [0.3, 0.4) is 0 Å². The van der Waals surface area contributed by atoms with Crippen LogP contribution in [0.5, 0.6) is 0 Å². The van der Waals surface area contributed by atoms with E-state index in [2.05, 4.69) is 20.5 Å². The van der Waals surface area contributed by atoms with Crippen molar-refractivity contribution in [3.05, 3.63) is 52.2 Å². The van der Waals surface area contributed by atoms with E-state index in [-0.39, 0.29) is 17.3 Å². The van der Waals surface area contributed by atoms with Crippen molar-refractivity contribution in [2.24, 2.45) is 0 Å². The number of thiophene rings is 1. The van der Waals surface area contributed by atoms with Crippen LogP contribution in [0.25, 0.3) is 16.3 Å². The highest BCUT2D eigenvalue weighted by molar-refractivity contribution is 8.00. The van der Waals surface area contributed by atoms with Gasteiger partial charge < -0.3 is 0 Å². The van der Waals surface area contributed by atoms with Gasteiger partial charge in [-0.2, -0.15) is 31.0 Å². The molecule has 0 aliphatic carbocycles. The number of alkyl halides is 6. The van der Waals surface area contributed by atoms with Crippen LogP contribution in [0, 0.1) is 0 Å². The van der Waals surface area contributed by atoms with Crippen molar-refractivity contribution in [2.75, 3.05) is 0 Å². The number of tetrazole rings is 1. The molecule has 0 N–H and O–H groups in total. The lowest BCUT2D eigenvalue weighted by molar-refractivity contribution is -0.143. The van der Waals surface area contributed by atoms with E-state index in [4.69, 9.17) is 0 Å². The summed E-state index contributed by atoms with van der Waals surface area (Å²) >= 11 is 3.50. The molecule has 1 aromatic carbocycles. The molecule has 0 radical (unpaired) electrons. The fourth-order valence-corrected chi connectivity index (χ4v) is 4.83. The van der Waals surface area contributed by atoms with Crippen LogP contribution in [-0.2, 0) is 12.4 Å². The molecule has 0 amide bonds. The first-order valence-corrected chi connectivity index (χ1v) is 10.4. The first-order chi connectivity index (χ1) is 14.1. The summed E-state index contributed by atoms with van der Waals surface area (Å²) < 4.78 is 80.3. The van der Waals surface area contributed by atoms with E-state index in [1.165, 1.54) is 21.4 Å². The standard InChI is InChI=1S/C16H7F6N5S3/c17-15(18,19)9-4-8(5-10(6-9)16(20,21)22)11-7-29-14(23-11)30-13-24-25-26-27(13)12-2-1-3-28-12/h1-7H. The van der Waals surface area contributed by atoms with Crippen LogP contribution >= 0.6 is 34.4 Å². The zero-order valence-electron chi connectivity index (χ0n) is 14.3. The summed E-state index contributed by atoms with van der Waals surface area (Å²) in [6.07, 6.45) is -9.85. The summed E-state index contributed by atoms with van der Waals surface area (Å²) in [6.45, 7) is 0. The minimum absolute atomic E-state index is 0.00533. The highest BCUT2D eigenvalue weighted by Crippen LogP contribution is 2.40. The monoisotopic (exact) mass is 479 g/mol. The van der Waals surface area contributed by atoms with E-state index in [9.17, 15) is 26.3 Å². The Morgan fingerprint density at radius 3 is 2.23 bits per heavy atom. The van der Waals surface area contributed by atoms with Crippen LogP contribution in [0.1, 0.15) is 11.1 Å². The smallest absolute Gasteiger partial charge is 0.229 e. The molecule has 0 saturated carbocycles. The van der Waals surface area contributed by atoms with Gasteiger partial charge in [0.05, 0.1) is 16.8 Å². The summed E-state index contributed by atoms with van der Waals surface area (Å²) in [5.74, 6) is 0. The van der Waals surface area contributed by atoms with Gasteiger partial charge in [-0.3, -0.25) is 0 Å². The number of aromatic nitrogens is 5. The molecule has 4 rings (SSSR count). The van der Waals surface area contributed by atoms with Gasteiger partial charge in [-0.25, -0.2) is 4.98 Å². The van der Waals surface area contributed by atoms with Gasteiger partial charge in [0.2, 0.25) is 5.16 Å². The summed E-state index contributed by atoms with van der Waals surface area (Å²) in [7, 11) is 0. The zero-order chi connectivity index (χ0) is 21.5. The maximum Gasteiger partial charge on any atom is 0.416 e. The van der Waals surface area contributed by atoms with Crippen LogP contribution in [0.2, 0.25) is 0 Å². The van der Waals surface area contributed by atoms with Crippen molar-refractivity contribution >= 4 is 34.4 Å². The lowest BCUT2D eigenvalue weighted by Crippen LogP contribution is -2.11. The van der Waals surface area contributed by atoms with Gasteiger partial charge in [0.25, 0.3) is 0 Å². The van der Waals surface area contributed by atoms with Crippen molar-refractivity contribution in [1.82, 2.24) is 25.2 Å². The number of halogens is 6. The Morgan fingerprint density at radius 2 is 1.63 bits per heavy atom. The SMILES string of the molecule is FC(F)(F)c1cc(-c2csc(Sc3nnnn3-c3cccs3)n2)cc(C(F)(F)F)c1. The average molecular weight is 479 g/mol. The number of benzene rings is 1. The highest BCUT2D eigenvalue weighted by Gasteiger charge is 2.37. The molecule has 156 valence electrons. The van der Waals surface area contributed by atoms with Crippen molar-refractivity contribution < 1.29 is 26.3 Å². The van der Waals surface area contributed by atoms with Crippen molar-refractivity contribution in [2.45, 2.75) is 21.8 Å². The Morgan fingerprint density at radius 1 is 0.933 bits per heavy atom. The first kappa shape index (κ1) is 20.8. The molecule has 0 atom stereocenters. The Kier molecular flexibility index (Phi) is 5.32. The fourth-order valence-electron chi connectivity index (χ4n) is 2.39. The molecule has 0 spiro atoms. The molecule has 30 heavy (non-hydrogen) atoms. The molecule has 0 bridgehead atoms. The molecule has 3 heterocycles. The topological polar surface area (TPSA) is 56.5 Å². The normalized spacial score (nSPS) is 12.5. The zero-order valence-corrected chi connectivity index (χ0v) is 16.7. The minimum atomic E-state index is -4.92. The Bertz CT molecular complexity index is 1130. The van der Waals surface area contributed by atoms with Gasteiger partial charge in [0.15, 0.2) is 4.34 Å². The number of thiazole rings is 1. The second kappa shape index (κ2) is 7.67. The van der Waals surface area contributed by atoms with Gasteiger partial charge in [0.1, 0.15) is 5.00 Å². The molecule has 4 aromatic rings. The van der Waals surface area contributed by atoms with Crippen LogP contribution in [0.15, 0.2) is 50.6 Å². The predicted octanol–water partition coefficient (Wildman–Crippen LogP) is 6.04. The van der Waals surface area contributed by atoms with Crippen molar-refractivity contribution in [3.63, 3.8) is 0 Å². The van der Waals surface area contributed by atoms with Gasteiger partial charge in [-0.05, 0) is 57.9 Å². The number of rotatable bonds is 4. The molecule has 14 heteroatoms. The molecule has 0 unspecified atom stereocenters. The lowest BCUT2D eigenvalue weighted by Gasteiger charge is -2.13. The third-order valence-corrected chi connectivity index (χ3v) is 6.42. The Labute approximate surface area is 176 Å². The largest absolute Gasteiger partial charge is 0.416 e. The summed E-state index contributed by atoms with van der Waals surface area (Å²) in [4.78, 5) is 4.17. The molecular formula is C16H7F6N5S3. The highest BCUT2D eigenvalue weighted by atomic mass is 32.2. The van der Waals surface area contributed by atoms with Gasteiger partial charge in [0, 0.05) is 10.9 Å². The average Bonchev–Trinajstić information content (AvgIpc) is 3.42. The Hall–Kier alpha value is -2.45. The van der Waals surface area contributed by atoms with Gasteiger partial charge >= 0.3 is 12.4 Å². The number of hydrogen-bond acceptors (Lipinski definition) is 7. The second-order valence-corrected chi connectivity index (χ2v) is 8.72. The maximum absolute atomic E-state index is 13.1. The third-order valence-electron chi connectivity index (χ3n) is 3.70. The second-order valence-electron chi connectivity index (χ2n) is 5.72. The van der Waals surface area contributed by atoms with Gasteiger partial charge in [-0.15, -0.1) is 27.8 Å². The van der Waals surface area contributed by atoms with Crippen LogP contribution in [-0.4, -0.2) is 25.2 Å². The molecule has 5 nitrogen and oxygen atoms in total. The van der Waals surface area contributed by atoms with E-state index in [1.54, 1.807) is 6.07 Å². The Balaban J connectivity index is 1.67. The summed E-state index contributed by atoms with van der Waals surface area (Å²) in [6, 6.07) is 4.98. The molecule has 0 aliphatic rings. The van der Waals surface area contributed by atoms with E-state index in [0.29, 0.717) is 21.6 Å². The quantitative estimate of drug-likeness (QED) is 0.334. The third kappa shape index (κ3) is 4.34. The van der Waals surface area contributed by atoms with Crippen molar-refractivity contribution in [1.29, 1.82) is 0 Å². The lowest BCUT2D eigenvalue weighted by atomic mass is 10.0. The van der Waals surface area contributed by atoms with Crippen LogP contribution < -0.4 is 0 Å². The van der Waals surface area contributed by atoms with Gasteiger partial charge in [-0.1, -0.05) is 0 Å². The van der Waals surface area contributed by atoms with E-state index < -0.39 is 23.5 Å². The summed E-state index contributed by atoms with van der Waals surface area (Å²) in [5, 5.41) is 15.7. The predicted molar refractivity (Wildman–Crippen MR) is 98.7 cm³/mol. The first-order valence-electron chi connectivity index (χ1n) is 7.87. The number of hydrogen-bond donors (Lipinski definition) is 0. The molecular weight excluding hydrogens is 472 g/mol. The maximum atomic E-state index is 13.1. The molecule has 0 saturated heterocycles. The van der Waals surface area contributed by atoms with E-state index in [1.807, 2.05) is 11.4 Å². The van der Waals surface area contributed by atoms with Crippen molar-refractivity contribution in [3.8, 4) is 16.3 Å². The molecule has 0 fully saturated rings. The van der Waals surface area contributed by atoms with E-state index >= 15 is 0 Å².